The van der Waals surface area contributed by atoms with Crippen LogP contribution in [0, 0.1) is 12.7 Å². The van der Waals surface area contributed by atoms with Crippen LogP contribution in [-0.4, -0.2) is 32.2 Å². The maximum Gasteiger partial charge on any atom is 0.240 e. The number of pyridine rings is 1. The molecule has 0 unspecified atom stereocenters. The Hall–Kier alpha value is -2.19. The summed E-state index contributed by atoms with van der Waals surface area (Å²) in [6.45, 7) is 4.01. The summed E-state index contributed by atoms with van der Waals surface area (Å²) in [7, 11) is -3.79. The molecular formula is C20H25FN2O4S. The van der Waals surface area contributed by atoms with Crippen LogP contribution in [0.2, 0.25) is 0 Å². The SMILES string of the molecule is CCOc1ccc(S(=O)(=O)NC2CCC(Oc3ccc(C)cn3)CC2)cc1F. The molecule has 2 aromatic rings. The van der Waals surface area contributed by atoms with Crippen molar-refractivity contribution < 1.29 is 22.3 Å². The minimum absolute atomic E-state index is 0.0129. The maximum atomic E-state index is 14.0. The number of halogens is 1. The predicted molar refractivity (Wildman–Crippen MR) is 104 cm³/mol. The summed E-state index contributed by atoms with van der Waals surface area (Å²) in [5.41, 5.74) is 1.07. The standard InChI is InChI=1S/C20H25FN2O4S/c1-3-26-19-10-9-17(12-18(19)21)28(24,25)23-15-5-7-16(8-6-15)27-20-11-4-14(2)13-22-20/h4,9-13,15-16,23H,3,5-8H2,1-2H3. The van der Waals surface area contributed by atoms with Crippen molar-refractivity contribution in [3.63, 3.8) is 0 Å². The van der Waals surface area contributed by atoms with Gasteiger partial charge in [0.05, 0.1) is 11.5 Å². The molecule has 1 aliphatic carbocycles. The Balaban J connectivity index is 1.56. The number of aromatic nitrogens is 1. The first-order chi connectivity index (χ1) is 13.4. The number of nitrogens with zero attached hydrogens (tertiary/aromatic N) is 1. The molecule has 0 radical (unpaired) electrons. The molecule has 0 amide bonds. The lowest BCUT2D eigenvalue weighted by Gasteiger charge is -2.29. The van der Waals surface area contributed by atoms with E-state index >= 15 is 0 Å². The lowest BCUT2D eigenvalue weighted by molar-refractivity contribution is 0.138. The average molecular weight is 408 g/mol. The number of nitrogens with one attached hydrogen (secondary N) is 1. The Morgan fingerprint density at radius 1 is 1.18 bits per heavy atom. The largest absolute Gasteiger partial charge is 0.491 e. The van der Waals surface area contributed by atoms with E-state index < -0.39 is 15.8 Å². The van der Waals surface area contributed by atoms with E-state index in [1.165, 1.54) is 12.1 Å². The van der Waals surface area contributed by atoms with Gasteiger partial charge in [-0.15, -0.1) is 0 Å². The summed E-state index contributed by atoms with van der Waals surface area (Å²) in [4.78, 5) is 4.14. The van der Waals surface area contributed by atoms with E-state index in [-0.39, 0.29) is 22.8 Å². The van der Waals surface area contributed by atoms with Gasteiger partial charge in [0.15, 0.2) is 11.6 Å². The minimum atomic E-state index is -3.79. The average Bonchev–Trinajstić information content (AvgIpc) is 2.67. The lowest BCUT2D eigenvalue weighted by atomic mass is 9.94. The van der Waals surface area contributed by atoms with Gasteiger partial charge >= 0.3 is 0 Å². The van der Waals surface area contributed by atoms with Gasteiger partial charge in [0.2, 0.25) is 15.9 Å². The summed E-state index contributed by atoms with van der Waals surface area (Å²) < 4.78 is 52.8. The number of ether oxygens (including phenoxy) is 2. The molecule has 0 spiro atoms. The van der Waals surface area contributed by atoms with Gasteiger partial charge in [0, 0.05) is 18.3 Å². The van der Waals surface area contributed by atoms with Crippen LogP contribution >= 0.6 is 0 Å². The summed E-state index contributed by atoms with van der Waals surface area (Å²) in [6, 6.07) is 7.26. The number of benzene rings is 1. The van der Waals surface area contributed by atoms with Crippen molar-refractivity contribution >= 4 is 10.0 Å². The summed E-state index contributed by atoms with van der Waals surface area (Å²) >= 11 is 0. The van der Waals surface area contributed by atoms with E-state index in [1.807, 2.05) is 19.1 Å². The first-order valence-corrected chi connectivity index (χ1v) is 10.9. The number of rotatable bonds is 7. The molecule has 1 aromatic carbocycles. The van der Waals surface area contributed by atoms with Crippen LogP contribution in [0.5, 0.6) is 11.6 Å². The van der Waals surface area contributed by atoms with E-state index in [0.29, 0.717) is 25.3 Å². The molecule has 6 nitrogen and oxygen atoms in total. The summed E-state index contributed by atoms with van der Waals surface area (Å²) in [5.74, 6) is -0.0595. The molecular weight excluding hydrogens is 383 g/mol. The fourth-order valence-electron chi connectivity index (χ4n) is 3.20. The lowest BCUT2D eigenvalue weighted by Crippen LogP contribution is -2.39. The van der Waals surface area contributed by atoms with Gasteiger partial charge in [0.25, 0.3) is 0 Å². The van der Waals surface area contributed by atoms with Crippen molar-refractivity contribution in [3.8, 4) is 11.6 Å². The van der Waals surface area contributed by atoms with Crippen molar-refractivity contribution in [1.29, 1.82) is 0 Å². The first kappa shape index (κ1) is 20.5. The highest BCUT2D eigenvalue weighted by molar-refractivity contribution is 7.89. The van der Waals surface area contributed by atoms with Crippen LogP contribution in [-0.2, 0) is 10.0 Å². The van der Waals surface area contributed by atoms with Crippen molar-refractivity contribution in [3.05, 3.63) is 47.9 Å². The van der Waals surface area contributed by atoms with Crippen molar-refractivity contribution in [2.75, 3.05) is 6.61 Å². The highest BCUT2D eigenvalue weighted by Gasteiger charge is 2.27. The second kappa shape index (κ2) is 8.87. The van der Waals surface area contributed by atoms with Crippen molar-refractivity contribution in [1.82, 2.24) is 9.71 Å². The molecule has 28 heavy (non-hydrogen) atoms. The van der Waals surface area contributed by atoms with E-state index in [1.54, 1.807) is 13.1 Å². The fourth-order valence-corrected chi connectivity index (χ4v) is 4.52. The number of hydrogen-bond acceptors (Lipinski definition) is 5. The van der Waals surface area contributed by atoms with E-state index in [4.69, 9.17) is 9.47 Å². The zero-order chi connectivity index (χ0) is 20.1. The van der Waals surface area contributed by atoms with E-state index in [0.717, 1.165) is 24.5 Å². The Kier molecular flexibility index (Phi) is 6.51. The molecule has 0 saturated heterocycles. The second-order valence-electron chi connectivity index (χ2n) is 6.91. The van der Waals surface area contributed by atoms with Crippen molar-refractivity contribution in [2.45, 2.75) is 56.6 Å². The van der Waals surface area contributed by atoms with Gasteiger partial charge in [-0.05, 0) is 63.3 Å². The molecule has 0 aliphatic heterocycles. The van der Waals surface area contributed by atoms with Crippen LogP contribution in [0.15, 0.2) is 41.4 Å². The van der Waals surface area contributed by atoms with Gasteiger partial charge in [-0.2, -0.15) is 0 Å². The molecule has 152 valence electrons. The van der Waals surface area contributed by atoms with Crippen LogP contribution in [0.3, 0.4) is 0 Å². The first-order valence-electron chi connectivity index (χ1n) is 9.41. The molecule has 0 bridgehead atoms. The fraction of sp³-hybridized carbons (Fsp3) is 0.450. The highest BCUT2D eigenvalue weighted by Crippen LogP contribution is 2.25. The van der Waals surface area contributed by atoms with E-state index in [2.05, 4.69) is 9.71 Å². The number of aryl methyl sites for hydroxylation is 1. The monoisotopic (exact) mass is 408 g/mol. The number of hydrogen-bond donors (Lipinski definition) is 1. The third kappa shape index (κ3) is 5.20. The summed E-state index contributed by atoms with van der Waals surface area (Å²) in [5, 5.41) is 0. The predicted octanol–water partition coefficient (Wildman–Crippen LogP) is 3.60. The molecule has 3 rings (SSSR count). The van der Waals surface area contributed by atoms with Crippen molar-refractivity contribution in [2.24, 2.45) is 0 Å². The Morgan fingerprint density at radius 3 is 2.54 bits per heavy atom. The summed E-state index contributed by atoms with van der Waals surface area (Å²) in [6.07, 6.45) is 4.51. The Labute approximate surface area is 165 Å². The third-order valence-corrected chi connectivity index (χ3v) is 6.20. The van der Waals surface area contributed by atoms with Crippen LogP contribution in [0.1, 0.15) is 38.2 Å². The molecule has 1 N–H and O–H groups in total. The van der Waals surface area contributed by atoms with Crippen LogP contribution in [0.25, 0.3) is 0 Å². The molecule has 1 aromatic heterocycles. The molecule has 1 heterocycles. The van der Waals surface area contributed by atoms with Gasteiger partial charge < -0.3 is 9.47 Å². The third-order valence-electron chi connectivity index (χ3n) is 4.68. The zero-order valence-electron chi connectivity index (χ0n) is 16.0. The minimum Gasteiger partial charge on any atom is -0.491 e. The highest BCUT2D eigenvalue weighted by atomic mass is 32.2. The Morgan fingerprint density at radius 2 is 1.93 bits per heavy atom. The van der Waals surface area contributed by atoms with Crippen LogP contribution in [0.4, 0.5) is 4.39 Å². The van der Waals surface area contributed by atoms with E-state index in [9.17, 15) is 12.8 Å². The van der Waals surface area contributed by atoms with Crippen LogP contribution < -0.4 is 14.2 Å². The molecule has 0 atom stereocenters. The van der Waals surface area contributed by atoms with Gasteiger partial charge in [-0.25, -0.2) is 22.5 Å². The van der Waals surface area contributed by atoms with Gasteiger partial charge in [-0.3, -0.25) is 0 Å². The number of sulfonamides is 1. The molecule has 1 aliphatic rings. The molecule has 1 fully saturated rings. The molecule has 8 heteroatoms. The Bertz CT molecular complexity index is 895. The quantitative estimate of drug-likeness (QED) is 0.758. The second-order valence-corrected chi connectivity index (χ2v) is 8.63. The van der Waals surface area contributed by atoms with Gasteiger partial charge in [0.1, 0.15) is 6.10 Å². The molecule has 1 saturated carbocycles. The normalized spacial score (nSPS) is 20.0. The topological polar surface area (TPSA) is 77.5 Å². The van der Waals surface area contributed by atoms with Gasteiger partial charge in [-0.1, -0.05) is 6.07 Å². The maximum absolute atomic E-state index is 14.0. The zero-order valence-corrected chi connectivity index (χ0v) is 16.8. The smallest absolute Gasteiger partial charge is 0.240 e.